The first-order valence-corrected chi connectivity index (χ1v) is 30.7. The van der Waals surface area contributed by atoms with Gasteiger partial charge in [-0.15, -0.1) is 0 Å². The number of nitrogens with zero attached hydrogens (tertiary/aromatic N) is 1. The van der Waals surface area contributed by atoms with Crippen LogP contribution in [0.4, 0.5) is 0 Å². The Hall–Kier alpha value is -2.84. The summed E-state index contributed by atoms with van der Waals surface area (Å²) < 4.78 is 23.3. The fraction of sp³-hybridized carbons (Fsp3) is 0.698. The molecule has 0 radical (unpaired) electrons. The Labute approximate surface area is 444 Å². The molecule has 0 heterocycles. The molecule has 0 spiro atoms. The number of rotatable bonds is 52. The second kappa shape index (κ2) is 53.0. The van der Waals surface area contributed by atoms with Crippen LogP contribution in [0.25, 0.3) is 0 Å². The van der Waals surface area contributed by atoms with Gasteiger partial charge in [0.1, 0.15) is 13.2 Å². The van der Waals surface area contributed by atoms with Crippen LogP contribution in [0.15, 0.2) is 109 Å². The molecule has 0 aromatic heterocycles. The number of likely N-dealkylation sites (N-methyl/N-ethyl adjacent to an activating group) is 1. The molecule has 8 nitrogen and oxygen atoms in total. The van der Waals surface area contributed by atoms with Gasteiger partial charge in [-0.05, 0) is 83.5 Å². The number of nitrogens with one attached hydrogen (secondary N) is 1. The van der Waals surface area contributed by atoms with Crippen molar-refractivity contribution in [3.05, 3.63) is 109 Å². The summed E-state index contributed by atoms with van der Waals surface area (Å²) in [6.07, 6.45) is 77.6. The van der Waals surface area contributed by atoms with E-state index in [0.717, 1.165) is 70.6 Å². The Kier molecular flexibility index (Phi) is 50.9. The lowest BCUT2D eigenvalue weighted by Gasteiger charge is -2.29. The molecule has 9 heteroatoms. The smallest absolute Gasteiger partial charge is 0.268 e. The highest BCUT2D eigenvalue weighted by Gasteiger charge is 2.23. The Morgan fingerprint density at radius 3 is 1.29 bits per heavy atom. The van der Waals surface area contributed by atoms with Gasteiger partial charge in [0.25, 0.3) is 7.82 Å². The maximum Gasteiger partial charge on any atom is 0.268 e. The highest BCUT2D eigenvalue weighted by molar-refractivity contribution is 7.45. The number of aliphatic hydroxyl groups is 1. The average Bonchev–Trinajstić information content (AvgIpc) is 3.34. The summed E-state index contributed by atoms with van der Waals surface area (Å²) in [7, 11) is 1.19. The van der Waals surface area contributed by atoms with Gasteiger partial charge in [-0.25, -0.2) is 0 Å². The van der Waals surface area contributed by atoms with Crippen LogP contribution in [0.1, 0.15) is 232 Å². The zero-order valence-electron chi connectivity index (χ0n) is 47.1. The van der Waals surface area contributed by atoms with Crippen LogP contribution >= 0.6 is 7.82 Å². The van der Waals surface area contributed by atoms with Crippen molar-refractivity contribution in [3.63, 3.8) is 0 Å². The third-order valence-electron chi connectivity index (χ3n) is 12.5. The Morgan fingerprint density at radius 1 is 0.500 bits per heavy atom. The van der Waals surface area contributed by atoms with Gasteiger partial charge in [0.15, 0.2) is 0 Å². The largest absolute Gasteiger partial charge is 0.756 e. The summed E-state index contributed by atoms with van der Waals surface area (Å²) in [5.74, 6) is -0.267. The minimum absolute atomic E-state index is 0.0233. The number of carbonyl (C=O) groups excluding carboxylic acids is 1. The van der Waals surface area contributed by atoms with E-state index in [1.807, 2.05) is 27.2 Å². The molecule has 3 unspecified atom stereocenters. The van der Waals surface area contributed by atoms with Gasteiger partial charge in [0.2, 0.25) is 5.91 Å². The van der Waals surface area contributed by atoms with Crippen LogP contribution in [-0.2, 0) is 18.4 Å². The SMILES string of the molecule is CC/C=C\C/C=C\C/C=C\C/C=C\C/C=C\C/C=C\C/C=C\CCCC(=O)NC(COP(=O)([O-])OCC[N+](C)(C)C)C(O)/C=C/CC/C=C/CCCCCCCCCCCCCCCCCCCCCCC. The normalized spacial score (nSPS) is 14.7. The molecule has 0 saturated carbocycles. The quantitative estimate of drug-likeness (QED) is 0.0272. The van der Waals surface area contributed by atoms with Crippen molar-refractivity contribution in [1.29, 1.82) is 0 Å². The number of carbonyl (C=O) groups is 1. The van der Waals surface area contributed by atoms with Crippen LogP contribution < -0.4 is 10.2 Å². The van der Waals surface area contributed by atoms with E-state index in [4.69, 9.17) is 9.05 Å². The number of amides is 1. The van der Waals surface area contributed by atoms with E-state index >= 15 is 0 Å². The molecule has 0 aliphatic rings. The molecule has 72 heavy (non-hydrogen) atoms. The molecule has 0 bridgehead atoms. The molecule has 0 aromatic rings. The molecule has 414 valence electrons. The summed E-state index contributed by atoms with van der Waals surface area (Å²) >= 11 is 0. The summed E-state index contributed by atoms with van der Waals surface area (Å²) in [5.41, 5.74) is 0. The van der Waals surface area contributed by atoms with E-state index < -0.39 is 26.6 Å². The first-order chi connectivity index (χ1) is 35.0. The molecule has 0 aliphatic heterocycles. The van der Waals surface area contributed by atoms with Crippen molar-refractivity contribution in [2.24, 2.45) is 0 Å². The zero-order valence-corrected chi connectivity index (χ0v) is 48.0. The summed E-state index contributed by atoms with van der Waals surface area (Å²) in [6, 6.07) is -0.943. The van der Waals surface area contributed by atoms with E-state index in [2.05, 4.69) is 116 Å². The van der Waals surface area contributed by atoms with Gasteiger partial charge < -0.3 is 28.8 Å². The fourth-order valence-corrected chi connectivity index (χ4v) is 8.65. The van der Waals surface area contributed by atoms with Crippen LogP contribution in [-0.4, -0.2) is 68.5 Å². The number of hydrogen-bond donors (Lipinski definition) is 2. The van der Waals surface area contributed by atoms with Crippen LogP contribution in [0.3, 0.4) is 0 Å². The molecule has 1 amide bonds. The van der Waals surface area contributed by atoms with Gasteiger partial charge in [0, 0.05) is 6.42 Å². The fourth-order valence-electron chi connectivity index (χ4n) is 7.92. The van der Waals surface area contributed by atoms with E-state index in [-0.39, 0.29) is 18.9 Å². The lowest BCUT2D eigenvalue weighted by atomic mass is 10.0. The Balaban J connectivity index is 4.37. The molecular weight excluding hydrogens is 912 g/mol. The lowest BCUT2D eigenvalue weighted by molar-refractivity contribution is -0.870. The Morgan fingerprint density at radius 2 is 0.861 bits per heavy atom. The maximum absolute atomic E-state index is 12.9. The van der Waals surface area contributed by atoms with E-state index in [0.29, 0.717) is 17.4 Å². The highest BCUT2D eigenvalue weighted by atomic mass is 31.2. The number of hydrogen-bond acceptors (Lipinski definition) is 6. The van der Waals surface area contributed by atoms with Gasteiger partial charge in [-0.2, -0.15) is 0 Å². The Bertz CT molecular complexity index is 1540. The minimum Gasteiger partial charge on any atom is -0.756 e. The standard InChI is InChI=1S/C63H111N2O6P/c1-6-8-10-12-14-16-18-20-22-24-26-28-30-31-32-33-35-36-38-40-42-44-46-48-50-52-54-56-62(66)61(60-71-72(68,69)70-59-58-65(3,4)5)64-63(67)57-55-53-51-49-47-45-43-41-39-37-34-29-27-25-23-21-19-17-15-13-11-9-7-2/h9,11,15,17,21,23,27,29,37,39,43,45-46,48-49,51,54,56,61-62,66H,6-8,10,12-14,16,18-20,22,24-26,28,30-36,38,40-42,44,47,50,52-53,55,57-60H2,1-5H3,(H-,64,67,68,69)/b11-9-,17-15-,23-21-,29-27-,39-37-,45-43-,48-46+,51-49-,56-54+. The molecule has 2 N–H and O–H groups in total. The topological polar surface area (TPSA) is 108 Å². The number of quaternary nitrogens is 1. The van der Waals surface area contributed by atoms with Crippen molar-refractivity contribution in [2.45, 2.75) is 244 Å². The summed E-state index contributed by atoms with van der Waals surface area (Å²) in [4.78, 5) is 25.5. The lowest BCUT2D eigenvalue weighted by Crippen LogP contribution is -2.45. The average molecular weight is 1020 g/mol. The van der Waals surface area contributed by atoms with Crippen molar-refractivity contribution in [2.75, 3.05) is 40.9 Å². The van der Waals surface area contributed by atoms with Gasteiger partial charge >= 0.3 is 0 Å². The van der Waals surface area contributed by atoms with E-state index in [1.54, 1.807) is 6.08 Å². The second-order valence-electron chi connectivity index (χ2n) is 20.6. The third kappa shape index (κ3) is 54.9. The van der Waals surface area contributed by atoms with Crippen molar-refractivity contribution >= 4 is 13.7 Å². The predicted octanol–water partition coefficient (Wildman–Crippen LogP) is 17.3. The van der Waals surface area contributed by atoms with Gasteiger partial charge in [-0.1, -0.05) is 252 Å². The molecular formula is C63H111N2O6P. The number of phosphoric acid groups is 1. The summed E-state index contributed by atoms with van der Waals surface area (Å²) in [6.45, 7) is 4.47. The number of allylic oxidation sites excluding steroid dienone is 17. The number of phosphoric ester groups is 1. The molecule has 3 atom stereocenters. The summed E-state index contributed by atoms with van der Waals surface area (Å²) in [5, 5.41) is 13.8. The van der Waals surface area contributed by atoms with Gasteiger partial charge in [0.05, 0.1) is 39.9 Å². The van der Waals surface area contributed by atoms with E-state index in [9.17, 15) is 19.4 Å². The van der Waals surface area contributed by atoms with Crippen molar-refractivity contribution in [1.82, 2.24) is 5.32 Å². The highest BCUT2D eigenvalue weighted by Crippen LogP contribution is 2.38. The minimum atomic E-state index is -4.63. The van der Waals surface area contributed by atoms with Crippen molar-refractivity contribution in [3.8, 4) is 0 Å². The molecule has 0 saturated heterocycles. The third-order valence-corrected chi connectivity index (χ3v) is 13.4. The van der Waals surface area contributed by atoms with E-state index in [1.165, 1.54) is 135 Å². The van der Waals surface area contributed by atoms with Crippen LogP contribution in [0, 0.1) is 0 Å². The van der Waals surface area contributed by atoms with Crippen LogP contribution in [0.5, 0.6) is 0 Å². The number of unbranched alkanes of at least 4 members (excludes halogenated alkanes) is 23. The molecule has 0 aliphatic carbocycles. The molecule has 0 fully saturated rings. The molecule has 0 aromatic carbocycles. The maximum atomic E-state index is 12.9. The van der Waals surface area contributed by atoms with Crippen LogP contribution in [0.2, 0.25) is 0 Å². The van der Waals surface area contributed by atoms with Crippen molar-refractivity contribution < 1.29 is 32.9 Å². The first kappa shape index (κ1) is 69.2. The monoisotopic (exact) mass is 1020 g/mol. The number of aliphatic hydroxyl groups excluding tert-OH is 1. The van der Waals surface area contributed by atoms with Gasteiger partial charge in [-0.3, -0.25) is 9.36 Å². The zero-order chi connectivity index (χ0) is 52.7. The molecule has 0 rings (SSSR count). The first-order valence-electron chi connectivity index (χ1n) is 29.2. The predicted molar refractivity (Wildman–Crippen MR) is 311 cm³/mol. The second-order valence-corrected chi connectivity index (χ2v) is 22.0.